The Labute approximate surface area is 99.3 Å². The Morgan fingerprint density at radius 3 is 2.56 bits per heavy atom. The first-order chi connectivity index (χ1) is 7.57. The Morgan fingerprint density at radius 2 is 2.00 bits per heavy atom. The fraction of sp³-hybridized carbons (Fsp3) is 1.00. The smallest absolute Gasteiger partial charge is 0.151 e. The zero-order valence-corrected chi connectivity index (χ0v) is 11.2. The summed E-state index contributed by atoms with van der Waals surface area (Å²) in [6.07, 6.45) is 1.81. The van der Waals surface area contributed by atoms with Crippen molar-refractivity contribution in [1.29, 1.82) is 0 Å². The van der Waals surface area contributed by atoms with Crippen molar-refractivity contribution in [2.75, 3.05) is 37.7 Å². The van der Waals surface area contributed by atoms with Crippen LogP contribution in [0.25, 0.3) is 0 Å². The summed E-state index contributed by atoms with van der Waals surface area (Å²) in [6.45, 7) is 8.30. The van der Waals surface area contributed by atoms with Crippen LogP contribution in [0.1, 0.15) is 26.7 Å². The molecule has 0 amide bonds. The highest BCUT2D eigenvalue weighted by atomic mass is 32.2. The van der Waals surface area contributed by atoms with Gasteiger partial charge in [-0.15, -0.1) is 0 Å². The highest BCUT2D eigenvalue weighted by Crippen LogP contribution is 2.11. The minimum absolute atomic E-state index is 0.175. The molecule has 0 saturated carbocycles. The molecule has 0 aromatic carbocycles. The van der Waals surface area contributed by atoms with Crippen molar-refractivity contribution in [3.63, 3.8) is 0 Å². The number of rotatable bonds is 6. The molecule has 5 heteroatoms. The van der Waals surface area contributed by atoms with Gasteiger partial charge in [-0.2, -0.15) is 0 Å². The van der Waals surface area contributed by atoms with E-state index in [4.69, 9.17) is 0 Å². The highest BCUT2D eigenvalue weighted by Gasteiger charge is 2.23. The van der Waals surface area contributed by atoms with Crippen LogP contribution in [0.4, 0.5) is 0 Å². The lowest BCUT2D eigenvalue weighted by Crippen LogP contribution is -2.43. The fourth-order valence-corrected chi connectivity index (χ4v) is 3.82. The molecule has 96 valence electrons. The number of sulfone groups is 1. The molecule has 1 aliphatic heterocycles. The maximum atomic E-state index is 11.4. The lowest BCUT2D eigenvalue weighted by molar-refractivity contribution is 0.295. The molecule has 1 fully saturated rings. The molecule has 0 aliphatic carbocycles. The van der Waals surface area contributed by atoms with Gasteiger partial charge in [0.15, 0.2) is 9.84 Å². The third kappa shape index (κ3) is 4.80. The van der Waals surface area contributed by atoms with Gasteiger partial charge in [-0.1, -0.05) is 13.8 Å². The van der Waals surface area contributed by atoms with E-state index in [-0.39, 0.29) is 6.04 Å². The summed E-state index contributed by atoms with van der Waals surface area (Å²) in [5.74, 6) is 0.701. The predicted octanol–water partition coefficient (Wildman–Crippen LogP) is 0.495. The summed E-state index contributed by atoms with van der Waals surface area (Å²) < 4.78 is 22.8. The monoisotopic (exact) mass is 248 g/mol. The number of hydrogen-bond acceptors (Lipinski definition) is 4. The molecule has 16 heavy (non-hydrogen) atoms. The lowest BCUT2D eigenvalue weighted by atomic mass is 10.2. The predicted molar refractivity (Wildman–Crippen MR) is 67.5 cm³/mol. The molecular formula is C11H24N2O2S. The molecule has 1 aliphatic rings. The third-order valence-electron chi connectivity index (χ3n) is 3.22. The zero-order valence-electron chi connectivity index (χ0n) is 10.4. The second-order valence-electron chi connectivity index (χ2n) is 4.43. The van der Waals surface area contributed by atoms with Gasteiger partial charge in [-0.05, 0) is 25.9 Å². The van der Waals surface area contributed by atoms with E-state index in [2.05, 4.69) is 24.1 Å². The van der Waals surface area contributed by atoms with Gasteiger partial charge in [0.05, 0.1) is 11.5 Å². The normalized spacial score (nSPS) is 24.8. The van der Waals surface area contributed by atoms with E-state index in [0.717, 1.165) is 39.0 Å². The molecule has 4 nitrogen and oxygen atoms in total. The summed E-state index contributed by atoms with van der Waals surface area (Å²) in [5, 5.41) is 3.36. The Bertz CT molecular complexity index is 286. The van der Waals surface area contributed by atoms with Crippen LogP contribution in [0.5, 0.6) is 0 Å². The number of hydrogen-bond donors (Lipinski definition) is 1. The first-order valence-corrected chi connectivity index (χ1v) is 8.05. The Balaban J connectivity index is 2.22. The van der Waals surface area contributed by atoms with Crippen molar-refractivity contribution >= 4 is 9.84 Å². The van der Waals surface area contributed by atoms with E-state index >= 15 is 0 Å². The summed E-state index contributed by atoms with van der Waals surface area (Å²) in [4.78, 5) is 2.34. The van der Waals surface area contributed by atoms with Gasteiger partial charge < -0.3 is 10.2 Å². The van der Waals surface area contributed by atoms with Crippen LogP contribution in [0.2, 0.25) is 0 Å². The van der Waals surface area contributed by atoms with Crippen molar-refractivity contribution in [2.45, 2.75) is 32.7 Å². The Kier molecular flexibility index (Phi) is 5.72. The quantitative estimate of drug-likeness (QED) is 0.743. The number of likely N-dealkylation sites (N-methyl/N-ethyl adjacent to an activating group) is 1. The summed E-state index contributed by atoms with van der Waals surface area (Å²) in [5.41, 5.74) is 0. The van der Waals surface area contributed by atoms with Gasteiger partial charge in [0.1, 0.15) is 0 Å². The van der Waals surface area contributed by atoms with Crippen LogP contribution in [0.15, 0.2) is 0 Å². The van der Waals surface area contributed by atoms with Crippen molar-refractivity contribution in [2.24, 2.45) is 0 Å². The summed E-state index contributed by atoms with van der Waals surface area (Å²) >= 11 is 0. The van der Waals surface area contributed by atoms with Crippen LogP contribution < -0.4 is 5.32 Å². The average Bonchev–Trinajstić information content (AvgIpc) is 2.23. The van der Waals surface area contributed by atoms with E-state index in [9.17, 15) is 8.42 Å². The van der Waals surface area contributed by atoms with E-state index in [1.165, 1.54) is 0 Å². The van der Waals surface area contributed by atoms with Crippen molar-refractivity contribution in [3.8, 4) is 0 Å². The van der Waals surface area contributed by atoms with E-state index < -0.39 is 9.84 Å². The van der Waals surface area contributed by atoms with E-state index in [0.29, 0.717) is 11.5 Å². The number of nitrogens with zero attached hydrogens (tertiary/aromatic N) is 1. The van der Waals surface area contributed by atoms with Crippen LogP contribution in [0, 0.1) is 0 Å². The van der Waals surface area contributed by atoms with Crippen LogP contribution in [-0.4, -0.2) is 57.0 Å². The molecule has 1 unspecified atom stereocenters. The van der Waals surface area contributed by atoms with Gasteiger partial charge in [0, 0.05) is 19.1 Å². The standard InChI is InChI=1S/C11H24N2O2S/c1-3-13(4-2)8-7-12-11-6-5-9-16(14,15)10-11/h11-12H,3-10H2,1-2H3. The van der Waals surface area contributed by atoms with E-state index in [1.54, 1.807) is 0 Å². The molecule has 1 N–H and O–H groups in total. The fourth-order valence-electron chi connectivity index (χ4n) is 2.15. The molecule has 1 heterocycles. The minimum atomic E-state index is -2.77. The molecule has 0 bridgehead atoms. The van der Waals surface area contributed by atoms with E-state index in [1.807, 2.05) is 0 Å². The molecule has 0 spiro atoms. The van der Waals surface area contributed by atoms with Gasteiger partial charge in [-0.25, -0.2) is 8.42 Å². The van der Waals surface area contributed by atoms with Crippen LogP contribution >= 0.6 is 0 Å². The zero-order chi connectivity index (χ0) is 12.0. The minimum Gasteiger partial charge on any atom is -0.312 e. The maximum Gasteiger partial charge on any atom is 0.151 e. The summed E-state index contributed by atoms with van der Waals surface area (Å²) in [6, 6.07) is 0.175. The Morgan fingerprint density at radius 1 is 1.31 bits per heavy atom. The molecule has 0 aromatic rings. The first-order valence-electron chi connectivity index (χ1n) is 6.23. The van der Waals surface area contributed by atoms with Crippen molar-refractivity contribution in [1.82, 2.24) is 10.2 Å². The van der Waals surface area contributed by atoms with Crippen molar-refractivity contribution < 1.29 is 8.42 Å². The van der Waals surface area contributed by atoms with Gasteiger partial charge in [0.2, 0.25) is 0 Å². The Hall–Kier alpha value is -0.130. The molecule has 1 atom stereocenters. The van der Waals surface area contributed by atoms with Crippen LogP contribution in [-0.2, 0) is 9.84 Å². The highest BCUT2D eigenvalue weighted by molar-refractivity contribution is 7.91. The molecule has 0 radical (unpaired) electrons. The van der Waals surface area contributed by atoms with Crippen LogP contribution in [0.3, 0.4) is 0 Å². The van der Waals surface area contributed by atoms with Crippen molar-refractivity contribution in [3.05, 3.63) is 0 Å². The molecule has 1 saturated heterocycles. The molecule has 0 aromatic heterocycles. The SMILES string of the molecule is CCN(CC)CCNC1CCCS(=O)(=O)C1. The first kappa shape index (κ1) is 13.9. The molecule has 1 rings (SSSR count). The van der Waals surface area contributed by atoms with Gasteiger partial charge >= 0.3 is 0 Å². The second-order valence-corrected chi connectivity index (χ2v) is 6.66. The average molecular weight is 248 g/mol. The third-order valence-corrected chi connectivity index (χ3v) is 5.04. The largest absolute Gasteiger partial charge is 0.312 e. The lowest BCUT2D eigenvalue weighted by Gasteiger charge is -2.25. The second kappa shape index (κ2) is 6.57. The van der Waals surface area contributed by atoms with Gasteiger partial charge in [0.25, 0.3) is 0 Å². The maximum absolute atomic E-state index is 11.4. The molecular weight excluding hydrogens is 224 g/mol. The van der Waals surface area contributed by atoms with Gasteiger partial charge in [-0.3, -0.25) is 0 Å². The summed E-state index contributed by atoms with van der Waals surface area (Å²) in [7, 11) is -2.77. The number of nitrogens with one attached hydrogen (secondary N) is 1. The topological polar surface area (TPSA) is 49.4 Å².